The van der Waals surface area contributed by atoms with Gasteiger partial charge >= 0.3 is 0 Å². The molecule has 1 unspecified atom stereocenters. The van der Waals surface area contributed by atoms with Gasteiger partial charge in [-0.15, -0.1) is 0 Å². The summed E-state index contributed by atoms with van der Waals surface area (Å²) in [6.45, 7) is 0.395. The van der Waals surface area contributed by atoms with Crippen LogP contribution in [0.2, 0.25) is 0 Å². The number of benzene rings is 1. The van der Waals surface area contributed by atoms with Gasteiger partial charge in [-0.2, -0.15) is 0 Å². The molecule has 0 spiro atoms. The first-order chi connectivity index (χ1) is 8.45. The number of methoxy groups -OCH3 is 1. The number of aliphatic hydroxyl groups is 1. The van der Waals surface area contributed by atoms with E-state index in [0.717, 1.165) is 10.7 Å². The first-order valence-electron chi connectivity index (χ1n) is 5.05. The fraction of sp³-hybridized carbons (Fsp3) is 0.364. The Morgan fingerprint density at radius 2 is 2.11 bits per heavy atom. The van der Waals surface area contributed by atoms with Crippen molar-refractivity contribution in [3.8, 4) is 0 Å². The van der Waals surface area contributed by atoms with Gasteiger partial charge in [0.2, 0.25) is 0 Å². The summed E-state index contributed by atoms with van der Waals surface area (Å²) in [4.78, 5) is 12.0. The number of ether oxygens (including phenoxy) is 1. The molecule has 18 heavy (non-hydrogen) atoms. The molecule has 0 aromatic heterocycles. The Bertz CT molecular complexity index is 440. The quantitative estimate of drug-likeness (QED) is 0.411. The molecule has 0 heterocycles. The van der Waals surface area contributed by atoms with Gasteiger partial charge in [0, 0.05) is 24.4 Å². The van der Waals surface area contributed by atoms with Gasteiger partial charge in [0.15, 0.2) is 0 Å². The van der Waals surface area contributed by atoms with Gasteiger partial charge in [0.25, 0.3) is 5.91 Å². The number of carbonyl (C=O) groups is 1. The molecule has 1 atom stereocenters. The Kier molecular flexibility index (Phi) is 7.65. The molecule has 1 aromatic carbocycles. The van der Waals surface area contributed by atoms with E-state index in [1.54, 1.807) is 0 Å². The summed E-state index contributed by atoms with van der Waals surface area (Å²) in [6.07, 6.45) is -0.682. The number of aliphatic hydroxyl groups excluding tert-OH is 1. The van der Waals surface area contributed by atoms with Crippen molar-refractivity contribution in [1.82, 2.24) is 5.32 Å². The zero-order valence-corrected chi connectivity index (χ0v) is 16.0. The van der Waals surface area contributed by atoms with Crippen LogP contribution in [0.15, 0.2) is 12.1 Å². The highest BCUT2D eigenvalue weighted by Gasteiger charge is 2.14. The summed E-state index contributed by atoms with van der Waals surface area (Å²) >= 11 is 6.53. The Morgan fingerprint density at radius 3 is 2.72 bits per heavy atom. The fourth-order valence-electron chi connectivity index (χ4n) is 1.28. The second kappa shape index (κ2) is 8.17. The van der Waals surface area contributed by atoms with E-state index in [4.69, 9.17) is 4.74 Å². The lowest BCUT2D eigenvalue weighted by Crippen LogP contribution is -2.34. The lowest BCUT2D eigenvalue weighted by atomic mass is 10.2. The maximum atomic E-state index is 12.0. The van der Waals surface area contributed by atoms with E-state index in [1.807, 2.05) is 12.1 Å². The predicted molar refractivity (Wildman–Crippen MR) is 94.8 cm³/mol. The Morgan fingerprint density at radius 1 is 1.44 bits per heavy atom. The Hall–Kier alpha value is 0.800. The van der Waals surface area contributed by atoms with E-state index >= 15 is 0 Å². The average Bonchev–Trinajstić information content (AvgIpc) is 2.31. The molecule has 1 rings (SSSR count). The topological polar surface area (TPSA) is 58.6 Å². The Balaban J connectivity index is 2.73. The largest absolute Gasteiger partial charge is 0.389 e. The van der Waals surface area contributed by atoms with Gasteiger partial charge in [0.05, 0.1) is 18.3 Å². The maximum absolute atomic E-state index is 12.0. The van der Waals surface area contributed by atoms with E-state index in [1.165, 1.54) is 7.11 Å². The molecule has 7 heteroatoms. The third-order valence-electron chi connectivity index (χ3n) is 2.09. The van der Waals surface area contributed by atoms with Gasteiger partial charge in [0.1, 0.15) is 0 Å². The standard InChI is InChI=1S/C11H12I3NO3/c1-18-5-7(16)4-15-11(17)8-2-6(12)3-9(13)10(8)14/h2-3,7,16H,4-5H2,1H3,(H,15,17). The van der Waals surface area contributed by atoms with Crippen LogP contribution in [0.25, 0.3) is 0 Å². The van der Waals surface area contributed by atoms with Crippen LogP contribution in [0.5, 0.6) is 0 Å². The van der Waals surface area contributed by atoms with Crippen LogP contribution in [0, 0.1) is 10.7 Å². The number of halogens is 3. The van der Waals surface area contributed by atoms with E-state index in [9.17, 15) is 9.90 Å². The summed E-state index contributed by atoms with van der Waals surface area (Å²) in [7, 11) is 1.51. The number of carbonyl (C=O) groups excluding carboxylic acids is 1. The van der Waals surface area contributed by atoms with Gasteiger partial charge in [-0.1, -0.05) is 0 Å². The van der Waals surface area contributed by atoms with Crippen LogP contribution in [0.1, 0.15) is 10.4 Å². The SMILES string of the molecule is COCC(O)CNC(=O)c1cc(I)cc(I)c1I. The van der Waals surface area contributed by atoms with Crippen LogP contribution in [0.4, 0.5) is 0 Å². The highest BCUT2D eigenvalue weighted by Crippen LogP contribution is 2.22. The van der Waals surface area contributed by atoms with Crippen molar-refractivity contribution in [3.05, 3.63) is 28.4 Å². The summed E-state index contributed by atoms with van der Waals surface area (Å²) in [6, 6.07) is 3.85. The summed E-state index contributed by atoms with van der Waals surface area (Å²) < 4.78 is 7.78. The van der Waals surface area contributed by atoms with Crippen molar-refractivity contribution in [2.75, 3.05) is 20.3 Å². The monoisotopic (exact) mass is 587 g/mol. The van der Waals surface area contributed by atoms with Crippen molar-refractivity contribution in [1.29, 1.82) is 0 Å². The molecule has 0 radical (unpaired) electrons. The molecule has 0 saturated carbocycles. The molecule has 1 aromatic rings. The van der Waals surface area contributed by atoms with E-state index < -0.39 is 6.10 Å². The van der Waals surface area contributed by atoms with Gasteiger partial charge < -0.3 is 15.2 Å². The molecule has 0 aliphatic rings. The molecular weight excluding hydrogens is 575 g/mol. The lowest BCUT2D eigenvalue weighted by Gasteiger charge is -2.12. The van der Waals surface area contributed by atoms with Crippen LogP contribution >= 0.6 is 67.8 Å². The zero-order valence-electron chi connectivity index (χ0n) is 9.54. The van der Waals surface area contributed by atoms with Crippen LogP contribution < -0.4 is 5.32 Å². The van der Waals surface area contributed by atoms with Crippen LogP contribution in [-0.4, -0.2) is 37.4 Å². The minimum atomic E-state index is -0.682. The smallest absolute Gasteiger partial charge is 0.252 e. The molecule has 100 valence electrons. The van der Waals surface area contributed by atoms with Crippen LogP contribution in [-0.2, 0) is 4.74 Å². The van der Waals surface area contributed by atoms with Crippen molar-refractivity contribution in [2.45, 2.75) is 6.10 Å². The fourth-order valence-corrected chi connectivity index (χ4v) is 3.68. The van der Waals surface area contributed by atoms with E-state index in [-0.39, 0.29) is 19.1 Å². The number of hydrogen-bond donors (Lipinski definition) is 2. The Labute approximate surface area is 147 Å². The normalized spacial score (nSPS) is 12.3. The number of hydrogen-bond acceptors (Lipinski definition) is 3. The van der Waals surface area contributed by atoms with Crippen molar-refractivity contribution >= 4 is 73.7 Å². The molecule has 0 aliphatic carbocycles. The first-order valence-corrected chi connectivity index (χ1v) is 8.29. The maximum Gasteiger partial charge on any atom is 0.252 e. The molecule has 4 nitrogen and oxygen atoms in total. The number of amides is 1. The van der Waals surface area contributed by atoms with Crippen molar-refractivity contribution in [2.24, 2.45) is 0 Å². The van der Waals surface area contributed by atoms with Crippen molar-refractivity contribution in [3.63, 3.8) is 0 Å². The lowest BCUT2D eigenvalue weighted by molar-refractivity contribution is 0.0609. The first kappa shape index (κ1) is 16.9. The second-order valence-electron chi connectivity index (χ2n) is 3.57. The minimum Gasteiger partial charge on any atom is -0.389 e. The van der Waals surface area contributed by atoms with Gasteiger partial charge in [-0.25, -0.2) is 0 Å². The zero-order chi connectivity index (χ0) is 13.7. The van der Waals surface area contributed by atoms with E-state index in [2.05, 4.69) is 73.1 Å². The summed E-state index contributed by atoms with van der Waals surface area (Å²) in [5.41, 5.74) is 0.636. The van der Waals surface area contributed by atoms with E-state index in [0.29, 0.717) is 5.56 Å². The molecule has 0 bridgehead atoms. The third-order valence-corrected chi connectivity index (χ3v) is 5.76. The highest BCUT2D eigenvalue weighted by atomic mass is 127. The molecule has 1 amide bonds. The minimum absolute atomic E-state index is 0.175. The second-order valence-corrected chi connectivity index (χ2v) is 7.05. The summed E-state index contributed by atoms with van der Waals surface area (Å²) in [5.74, 6) is -0.175. The predicted octanol–water partition coefficient (Wildman–Crippen LogP) is 2.24. The molecular formula is C11H12I3NO3. The highest BCUT2D eigenvalue weighted by molar-refractivity contribution is 14.1. The number of nitrogens with one attached hydrogen (secondary N) is 1. The van der Waals surface area contributed by atoms with Crippen LogP contribution in [0.3, 0.4) is 0 Å². The van der Waals surface area contributed by atoms with Crippen molar-refractivity contribution < 1.29 is 14.6 Å². The van der Waals surface area contributed by atoms with Gasteiger partial charge in [-0.3, -0.25) is 4.79 Å². The number of rotatable bonds is 5. The summed E-state index contributed by atoms with van der Waals surface area (Å²) in [5, 5.41) is 12.2. The molecule has 0 fully saturated rings. The molecule has 0 saturated heterocycles. The van der Waals surface area contributed by atoms with Gasteiger partial charge in [-0.05, 0) is 79.9 Å². The molecule has 2 N–H and O–H groups in total. The molecule has 0 aliphatic heterocycles. The average molecular weight is 587 g/mol. The third kappa shape index (κ3) is 5.06.